The first-order chi connectivity index (χ1) is 5.38. The van der Waals surface area contributed by atoms with Gasteiger partial charge in [-0.25, -0.2) is 0 Å². The average molecular weight is 247 g/mol. The summed E-state index contributed by atoms with van der Waals surface area (Å²) in [6, 6.07) is 0. The van der Waals surface area contributed by atoms with E-state index in [1.807, 2.05) is 0 Å². The van der Waals surface area contributed by atoms with Gasteiger partial charge in [0.15, 0.2) is 0 Å². The lowest BCUT2D eigenvalue weighted by Crippen LogP contribution is -2.18. The lowest BCUT2D eigenvalue weighted by atomic mass is 10.6. The molecule has 1 aromatic rings. The molecule has 0 aliphatic carbocycles. The van der Waals surface area contributed by atoms with Crippen LogP contribution in [0.25, 0.3) is 0 Å². The first-order valence-electron chi connectivity index (χ1n) is 2.84. The number of halogens is 5. The largest absolute Gasteiger partial charge is 0.408 e. The van der Waals surface area contributed by atoms with Crippen molar-refractivity contribution in [2.45, 2.75) is 12.7 Å². The summed E-state index contributed by atoms with van der Waals surface area (Å²) >= 11 is 2.70. The summed E-state index contributed by atoms with van der Waals surface area (Å²) in [5.41, 5.74) is 0. The van der Waals surface area contributed by atoms with Crippen molar-refractivity contribution in [1.82, 2.24) is 9.78 Å². The van der Waals surface area contributed by atoms with E-state index in [0.717, 1.165) is 6.20 Å². The van der Waals surface area contributed by atoms with Crippen LogP contribution < -0.4 is 0 Å². The monoisotopic (exact) mass is 246 g/mol. The number of alkyl halides is 3. The molecule has 0 radical (unpaired) electrons. The second kappa shape index (κ2) is 3.04. The molecule has 0 aliphatic heterocycles. The number of hydrogen-bond acceptors (Lipinski definition) is 1. The number of aromatic nitrogens is 2. The van der Waals surface area contributed by atoms with Crippen molar-refractivity contribution in [2.75, 3.05) is 0 Å². The maximum atomic E-state index is 12.4. The molecule has 12 heavy (non-hydrogen) atoms. The van der Waals surface area contributed by atoms with Gasteiger partial charge in [-0.3, -0.25) is 4.68 Å². The first-order valence-corrected chi connectivity index (χ1v) is 3.63. The average Bonchev–Trinajstić information content (AvgIpc) is 2.07. The Balaban J connectivity index is 2.77. The van der Waals surface area contributed by atoms with Crippen molar-refractivity contribution in [2.24, 2.45) is 0 Å². The Kier molecular flexibility index (Phi) is 2.41. The molecule has 0 aromatic carbocycles. The van der Waals surface area contributed by atoms with Crippen LogP contribution >= 0.6 is 15.9 Å². The third-order valence-electron chi connectivity index (χ3n) is 1.02. The fourth-order valence-corrected chi connectivity index (χ4v) is 0.954. The molecule has 0 amide bonds. The summed E-state index contributed by atoms with van der Waals surface area (Å²) < 4.78 is 47.8. The standard InChI is InChI=1S/C5H3BrF4N2/c6-3-1-12(11-4(3)7)2-5(8,9)10/h1H,2H2. The van der Waals surface area contributed by atoms with Crippen molar-refractivity contribution >= 4 is 15.9 Å². The van der Waals surface area contributed by atoms with Gasteiger partial charge in [-0.2, -0.15) is 17.6 Å². The molecule has 7 heteroatoms. The molecule has 0 saturated heterocycles. The van der Waals surface area contributed by atoms with Crippen molar-refractivity contribution < 1.29 is 17.6 Å². The Morgan fingerprint density at radius 3 is 2.42 bits per heavy atom. The summed E-state index contributed by atoms with van der Waals surface area (Å²) in [6.07, 6.45) is -3.44. The molecule has 0 spiro atoms. The van der Waals surface area contributed by atoms with E-state index in [1.54, 1.807) is 0 Å². The van der Waals surface area contributed by atoms with Crippen LogP contribution in [0.3, 0.4) is 0 Å². The van der Waals surface area contributed by atoms with Crippen molar-refractivity contribution in [3.63, 3.8) is 0 Å². The van der Waals surface area contributed by atoms with Gasteiger partial charge in [-0.1, -0.05) is 0 Å². The van der Waals surface area contributed by atoms with Crippen LogP contribution in [0, 0.1) is 5.95 Å². The molecule has 1 heterocycles. The van der Waals surface area contributed by atoms with Gasteiger partial charge in [0.2, 0.25) is 5.95 Å². The van der Waals surface area contributed by atoms with E-state index in [9.17, 15) is 17.6 Å². The maximum absolute atomic E-state index is 12.4. The number of rotatable bonds is 1. The summed E-state index contributed by atoms with van der Waals surface area (Å²) in [5, 5.41) is 2.98. The SMILES string of the molecule is Fc1nn(CC(F)(F)F)cc1Br. The van der Waals surface area contributed by atoms with Gasteiger partial charge in [-0.05, 0) is 15.9 Å². The van der Waals surface area contributed by atoms with Crippen molar-refractivity contribution in [3.05, 3.63) is 16.6 Å². The van der Waals surface area contributed by atoms with Gasteiger partial charge < -0.3 is 0 Å². The molecule has 68 valence electrons. The zero-order valence-corrected chi connectivity index (χ0v) is 7.15. The molecule has 0 bridgehead atoms. The predicted molar refractivity (Wildman–Crippen MR) is 35.9 cm³/mol. The fraction of sp³-hybridized carbons (Fsp3) is 0.400. The van der Waals surface area contributed by atoms with Crippen molar-refractivity contribution in [3.8, 4) is 0 Å². The van der Waals surface area contributed by atoms with Crippen LogP contribution in [-0.2, 0) is 6.54 Å². The third kappa shape index (κ3) is 2.47. The van der Waals surface area contributed by atoms with Gasteiger partial charge in [-0.15, -0.1) is 5.10 Å². The summed E-state index contributed by atoms with van der Waals surface area (Å²) in [6.45, 7) is -1.28. The minimum Gasteiger partial charge on any atom is -0.259 e. The van der Waals surface area contributed by atoms with E-state index in [-0.39, 0.29) is 4.47 Å². The minimum absolute atomic E-state index is 0.0771. The van der Waals surface area contributed by atoms with Gasteiger partial charge in [0, 0.05) is 6.20 Å². The summed E-state index contributed by atoms with van der Waals surface area (Å²) in [5.74, 6) is -0.945. The van der Waals surface area contributed by atoms with Crippen molar-refractivity contribution in [1.29, 1.82) is 0 Å². The lowest BCUT2D eigenvalue weighted by molar-refractivity contribution is -0.142. The van der Waals surface area contributed by atoms with Gasteiger partial charge in [0.05, 0.1) is 4.47 Å². The van der Waals surface area contributed by atoms with Crippen LogP contribution in [0.4, 0.5) is 17.6 Å². The number of hydrogen-bond donors (Lipinski definition) is 0. The third-order valence-corrected chi connectivity index (χ3v) is 1.55. The van der Waals surface area contributed by atoms with Gasteiger partial charge >= 0.3 is 6.18 Å². The number of nitrogens with zero attached hydrogens (tertiary/aromatic N) is 2. The molecule has 0 fully saturated rings. The van der Waals surface area contributed by atoms with Crippen LogP contribution in [0.2, 0.25) is 0 Å². The molecule has 0 atom stereocenters. The van der Waals surface area contributed by atoms with Gasteiger partial charge in [0.1, 0.15) is 6.54 Å². The topological polar surface area (TPSA) is 17.8 Å². The van der Waals surface area contributed by atoms with E-state index in [2.05, 4.69) is 21.0 Å². The predicted octanol–water partition coefficient (Wildman–Crippen LogP) is 2.35. The maximum Gasteiger partial charge on any atom is 0.408 e. The smallest absolute Gasteiger partial charge is 0.259 e. The molecular formula is C5H3BrF4N2. The Labute approximate surface area is 73.3 Å². The molecule has 2 nitrogen and oxygen atoms in total. The second-order valence-corrected chi connectivity index (χ2v) is 2.93. The normalized spacial score (nSPS) is 12.1. The molecule has 0 N–H and O–H groups in total. The molecule has 1 aromatic heterocycles. The Hall–Kier alpha value is -0.590. The van der Waals surface area contributed by atoms with E-state index in [4.69, 9.17) is 0 Å². The highest BCUT2D eigenvalue weighted by atomic mass is 79.9. The fourth-order valence-electron chi connectivity index (χ4n) is 0.638. The highest BCUT2D eigenvalue weighted by Crippen LogP contribution is 2.19. The van der Waals surface area contributed by atoms with Crippen LogP contribution in [0.15, 0.2) is 10.7 Å². The zero-order valence-electron chi connectivity index (χ0n) is 5.57. The molecule has 1 rings (SSSR count). The van der Waals surface area contributed by atoms with Gasteiger partial charge in [0.25, 0.3) is 0 Å². The van der Waals surface area contributed by atoms with Crippen LogP contribution in [0.5, 0.6) is 0 Å². The second-order valence-electron chi connectivity index (χ2n) is 2.08. The first kappa shape index (κ1) is 9.50. The van der Waals surface area contributed by atoms with Crippen LogP contribution in [0.1, 0.15) is 0 Å². The highest BCUT2D eigenvalue weighted by molar-refractivity contribution is 9.10. The lowest BCUT2D eigenvalue weighted by Gasteiger charge is -2.04. The molecular weight excluding hydrogens is 244 g/mol. The molecule has 0 aliphatic rings. The van der Waals surface area contributed by atoms with E-state index in [0.29, 0.717) is 4.68 Å². The van der Waals surface area contributed by atoms with E-state index < -0.39 is 18.7 Å². The highest BCUT2D eigenvalue weighted by Gasteiger charge is 2.28. The zero-order chi connectivity index (χ0) is 9.35. The molecule has 0 saturated carbocycles. The molecule has 0 unspecified atom stereocenters. The van der Waals surface area contributed by atoms with E-state index >= 15 is 0 Å². The van der Waals surface area contributed by atoms with Crippen LogP contribution in [-0.4, -0.2) is 16.0 Å². The Morgan fingerprint density at radius 1 is 1.50 bits per heavy atom. The quantitative estimate of drug-likeness (QED) is 0.696. The summed E-state index contributed by atoms with van der Waals surface area (Å²) in [4.78, 5) is 0. The Bertz CT molecular complexity index is 260. The minimum atomic E-state index is -4.38. The Morgan fingerprint density at radius 2 is 2.08 bits per heavy atom. The summed E-state index contributed by atoms with van der Waals surface area (Å²) in [7, 11) is 0. The van der Waals surface area contributed by atoms with E-state index in [1.165, 1.54) is 0 Å².